The monoisotopic (exact) mass is 719 g/mol. The maximum atomic E-state index is 13.8. The lowest BCUT2D eigenvalue weighted by Gasteiger charge is -2.47. The second-order valence-corrected chi connectivity index (χ2v) is 15.9. The van der Waals surface area contributed by atoms with Crippen LogP contribution in [0.1, 0.15) is 65.2 Å². The summed E-state index contributed by atoms with van der Waals surface area (Å²) >= 11 is -0.255. The molecule has 1 aliphatic rings. The highest BCUT2D eigenvalue weighted by Crippen LogP contribution is 2.38. The van der Waals surface area contributed by atoms with Gasteiger partial charge in [-0.3, -0.25) is 0 Å². The fourth-order valence-electron chi connectivity index (χ4n) is 5.14. The van der Waals surface area contributed by atoms with Crippen molar-refractivity contribution in [2.45, 2.75) is 74.8 Å². The van der Waals surface area contributed by atoms with Crippen molar-refractivity contribution in [3.8, 4) is 0 Å². The molecule has 0 spiro atoms. The maximum absolute atomic E-state index is 13.8. The molecular weight excluding hydrogens is 675 g/mol. The van der Waals surface area contributed by atoms with Gasteiger partial charge in [0.1, 0.15) is 16.3 Å². The van der Waals surface area contributed by atoms with E-state index in [1.165, 1.54) is 11.8 Å². The minimum absolute atomic E-state index is 0.246. The molecule has 1 aliphatic heterocycles. The van der Waals surface area contributed by atoms with Crippen LogP contribution in [0.25, 0.3) is 0 Å². The van der Waals surface area contributed by atoms with Gasteiger partial charge in [0.25, 0.3) is 0 Å². The molecule has 3 aromatic rings. The van der Waals surface area contributed by atoms with Crippen molar-refractivity contribution < 1.29 is 37.9 Å². The molecule has 11 heteroatoms. The van der Waals surface area contributed by atoms with Gasteiger partial charge in [-0.2, -0.15) is 0 Å². The number of carbonyl (C=O) groups is 3. The van der Waals surface area contributed by atoms with Gasteiger partial charge in [-0.05, 0) is 75.3 Å². The first-order chi connectivity index (χ1) is 23.9. The average Bonchev–Trinajstić information content (AvgIpc) is 3.12. The topological polar surface area (TPSA) is 123 Å². The molecule has 0 radical (unpaired) electrons. The Morgan fingerprint density at radius 2 is 1.26 bits per heavy atom. The summed E-state index contributed by atoms with van der Waals surface area (Å²) in [6.45, 7) is 15.2. The van der Waals surface area contributed by atoms with E-state index in [2.05, 4.69) is 17.9 Å². The Labute approximate surface area is 302 Å². The normalized spacial score (nSPS) is 22.3. The van der Waals surface area contributed by atoms with Crippen molar-refractivity contribution in [2.24, 2.45) is 5.92 Å². The Balaban J connectivity index is 1.88. The predicted molar refractivity (Wildman–Crippen MR) is 197 cm³/mol. The second-order valence-electron chi connectivity index (χ2n) is 12.7. The Kier molecular flexibility index (Phi) is 14.3. The molecule has 1 heterocycles. The molecule has 0 aromatic heterocycles. The molecule has 3 aromatic carbocycles. The number of hydrogen-bond donors (Lipinski definition) is 1. The highest BCUT2D eigenvalue weighted by molar-refractivity contribution is 7.99. The molecule has 1 saturated heterocycles. The van der Waals surface area contributed by atoms with Crippen LogP contribution < -0.4 is 4.72 Å². The van der Waals surface area contributed by atoms with E-state index in [-0.39, 0.29) is 22.6 Å². The molecule has 266 valence electrons. The molecule has 50 heavy (non-hydrogen) atoms. The van der Waals surface area contributed by atoms with Crippen LogP contribution in [-0.4, -0.2) is 68.9 Å². The number of thioether (sulfide) groups is 1. The van der Waals surface area contributed by atoms with Crippen molar-refractivity contribution >= 4 is 41.0 Å². The number of rotatable bonds is 15. The van der Waals surface area contributed by atoms with Crippen LogP contribution in [0.4, 0.5) is 0 Å². The summed E-state index contributed by atoms with van der Waals surface area (Å²) in [5, 5.41) is 0. The molecule has 4 rings (SSSR count). The summed E-state index contributed by atoms with van der Waals surface area (Å²) in [4.78, 5) is 41.3. The number of ether oxygens (including phenoxy) is 4. The van der Waals surface area contributed by atoms with Gasteiger partial charge in [0.15, 0.2) is 18.3 Å². The first-order valence-electron chi connectivity index (χ1n) is 16.4. The van der Waals surface area contributed by atoms with Gasteiger partial charge in [0.2, 0.25) is 0 Å². The summed E-state index contributed by atoms with van der Waals surface area (Å²) in [7, 11) is 0. The summed E-state index contributed by atoms with van der Waals surface area (Å²) in [5.74, 6) is -1.96. The van der Waals surface area contributed by atoms with Crippen LogP contribution in [-0.2, 0) is 30.3 Å². The van der Waals surface area contributed by atoms with Crippen LogP contribution in [0, 0.1) is 5.92 Å². The molecule has 9 nitrogen and oxygen atoms in total. The van der Waals surface area contributed by atoms with E-state index in [0.717, 1.165) is 0 Å². The van der Waals surface area contributed by atoms with E-state index in [1.807, 2.05) is 27.7 Å². The minimum atomic E-state index is -1.60. The van der Waals surface area contributed by atoms with E-state index in [9.17, 15) is 18.9 Å². The lowest BCUT2D eigenvalue weighted by molar-refractivity contribution is -0.207. The van der Waals surface area contributed by atoms with Gasteiger partial charge in [-0.1, -0.05) is 73.7 Å². The number of hydrogen-bond acceptors (Lipinski definition) is 10. The number of nitrogens with one attached hydrogen (secondary N) is 1. The van der Waals surface area contributed by atoms with Crippen LogP contribution >= 0.6 is 11.8 Å². The smallest absolute Gasteiger partial charge is 0.338 e. The van der Waals surface area contributed by atoms with E-state index >= 15 is 0 Å². The fraction of sp³-hybridized carbons (Fsp3) is 0.359. The summed E-state index contributed by atoms with van der Waals surface area (Å²) in [6.07, 6.45) is -0.931. The van der Waals surface area contributed by atoms with Crippen molar-refractivity contribution in [3.05, 3.63) is 133 Å². The quantitative estimate of drug-likeness (QED) is 0.0581. The van der Waals surface area contributed by atoms with Gasteiger partial charge in [-0.25, -0.2) is 14.4 Å². The SMILES string of the molecule is C=CCCSC1OC([C@H](N[S+]([O-])C(C)(C)C)[C@H](C)C=C)C(OC(=O)c2ccccc2)C(OC(=O)c2ccccc2)C1OC(=O)c1ccccc1. The molecule has 8 atom stereocenters. The van der Waals surface area contributed by atoms with E-state index in [1.54, 1.807) is 103 Å². The van der Waals surface area contributed by atoms with Gasteiger partial charge in [0.05, 0.1) is 22.7 Å². The molecule has 1 N–H and O–H groups in total. The minimum Gasteiger partial charge on any atom is -0.598 e. The number of benzene rings is 3. The number of carbonyl (C=O) groups excluding carboxylic acids is 3. The molecular formula is C39H45NO8S2. The van der Waals surface area contributed by atoms with Gasteiger partial charge < -0.3 is 23.5 Å². The van der Waals surface area contributed by atoms with Crippen molar-refractivity contribution in [3.63, 3.8) is 0 Å². The first kappa shape index (κ1) is 38.9. The molecule has 6 unspecified atom stereocenters. The molecule has 0 saturated carbocycles. The van der Waals surface area contributed by atoms with Crippen LogP contribution in [0.15, 0.2) is 116 Å². The maximum Gasteiger partial charge on any atom is 0.338 e. The number of allylic oxidation sites excluding steroid dienone is 1. The Bertz CT molecular complexity index is 1570. The highest BCUT2D eigenvalue weighted by Gasteiger charge is 2.56. The molecule has 0 amide bonds. The molecule has 0 bridgehead atoms. The lowest BCUT2D eigenvalue weighted by Crippen LogP contribution is -2.67. The summed E-state index contributed by atoms with van der Waals surface area (Å²) < 4.78 is 41.6. The highest BCUT2D eigenvalue weighted by atomic mass is 32.2. The Morgan fingerprint density at radius 3 is 1.68 bits per heavy atom. The van der Waals surface area contributed by atoms with Gasteiger partial charge in [0, 0.05) is 11.4 Å². The zero-order valence-corrected chi connectivity index (χ0v) is 30.4. The number of esters is 3. The molecule has 0 aliphatic carbocycles. The third-order valence-electron chi connectivity index (χ3n) is 7.98. The van der Waals surface area contributed by atoms with E-state index in [4.69, 9.17) is 18.9 Å². The lowest BCUT2D eigenvalue weighted by atomic mass is 9.88. The fourth-order valence-corrected chi connectivity index (χ4v) is 7.23. The van der Waals surface area contributed by atoms with Crippen molar-refractivity contribution in [1.29, 1.82) is 0 Å². The Hall–Kier alpha value is -3.87. The van der Waals surface area contributed by atoms with Crippen LogP contribution in [0.2, 0.25) is 0 Å². The predicted octanol–water partition coefficient (Wildman–Crippen LogP) is 6.94. The second kappa shape index (κ2) is 18.4. The van der Waals surface area contributed by atoms with Crippen LogP contribution in [0.3, 0.4) is 0 Å². The van der Waals surface area contributed by atoms with E-state index in [0.29, 0.717) is 12.2 Å². The first-order valence-corrected chi connectivity index (χ1v) is 18.6. The van der Waals surface area contributed by atoms with Gasteiger partial charge >= 0.3 is 17.9 Å². The van der Waals surface area contributed by atoms with Gasteiger partial charge in [-0.15, -0.1) is 29.6 Å². The van der Waals surface area contributed by atoms with Crippen molar-refractivity contribution in [2.75, 3.05) is 5.75 Å². The largest absolute Gasteiger partial charge is 0.598 e. The summed E-state index contributed by atoms with van der Waals surface area (Å²) in [5.41, 5.74) is -0.136. The van der Waals surface area contributed by atoms with Crippen molar-refractivity contribution in [1.82, 2.24) is 4.72 Å². The van der Waals surface area contributed by atoms with E-state index < -0.39 is 69.9 Å². The Morgan fingerprint density at radius 1 is 0.820 bits per heavy atom. The average molecular weight is 720 g/mol. The zero-order valence-electron chi connectivity index (χ0n) is 28.8. The molecule has 1 fully saturated rings. The zero-order chi connectivity index (χ0) is 36.3. The third-order valence-corrected chi connectivity index (χ3v) is 10.8. The standard InChI is InChI=1S/C39H45NO8S2/c1-7-9-25-49-38-34(47-37(43)29-23-17-12-18-24-29)33(46-36(42)28-21-15-11-16-22-28)32(45-35(41)27-19-13-10-14-20-27)31(48-38)30(26(3)8-2)40-50(44)39(4,5)6/h7-8,10-24,26,30-34,38,40H,1-2,9,25H2,3-6H3/t26-,30-,31?,32?,33?,34?,38?,50?/m1/s1. The third kappa shape index (κ3) is 10.3. The summed E-state index contributed by atoms with van der Waals surface area (Å²) in [6, 6.07) is 24.4. The van der Waals surface area contributed by atoms with Crippen LogP contribution in [0.5, 0.6) is 0 Å².